The molecule has 0 spiro atoms. The van der Waals surface area contributed by atoms with Crippen LogP contribution in [0.3, 0.4) is 0 Å². The fraction of sp³-hybridized carbons (Fsp3) is 0.100. The van der Waals surface area contributed by atoms with Gasteiger partial charge >= 0.3 is 0 Å². The van der Waals surface area contributed by atoms with Crippen molar-refractivity contribution in [3.8, 4) is 5.82 Å². The highest BCUT2D eigenvalue weighted by Crippen LogP contribution is 2.09. The molecule has 6 nitrogen and oxygen atoms in total. The number of nitrogens with two attached hydrogens (primary N) is 1. The van der Waals surface area contributed by atoms with Crippen LogP contribution in [0.5, 0.6) is 0 Å². The fourth-order valence-electron chi connectivity index (χ4n) is 1.63. The van der Waals surface area contributed by atoms with Crippen LogP contribution in [0.25, 0.3) is 11.5 Å². The maximum atomic E-state index is 5.60. The molecule has 3 rings (SSSR count). The molecule has 0 aliphatic heterocycles. The highest BCUT2D eigenvalue weighted by molar-refractivity contribution is 5.40. The van der Waals surface area contributed by atoms with Gasteiger partial charge in [-0.05, 0) is 6.07 Å². The topological polar surface area (TPSA) is 74.0 Å². The fourth-order valence-corrected chi connectivity index (χ4v) is 1.63. The number of imidazole rings is 1. The maximum absolute atomic E-state index is 5.60. The standard InChI is InChI=1S/C10H10N6/c11-7-10-12-4-6-15(10)8-2-5-16-9(14-8)1-3-13-16/h1-6H,7,11H2. The predicted molar refractivity (Wildman–Crippen MR) is 58.0 cm³/mol. The summed E-state index contributed by atoms with van der Waals surface area (Å²) in [6, 6.07) is 3.73. The normalized spacial score (nSPS) is 11.1. The van der Waals surface area contributed by atoms with Crippen LogP contribution in [-0.2, 0) is 6.54 Å². The van der Waals surface area contributed by atoms with Gasteiger partial charge in [-0.3, -0.25) is 4.57 Å². The molecule has 0 saturated heterocycles. The first-order chi connectivity index (χ1) is 7.88. The van der Waals surface area contributed by atoms with E-state index in [0.717, 1.165) is 17.3 Å². The molecule has 0 aliphatic carbocycles. The van der Waals surface area contributed by atoms with Crippen molar-refractivity contribution in [1.29, 1.82) is 0 Å². The summed E-state index contributed by atoms with van der Waals surface area (Å²) in [6.07, 6.45) is 7.13. The lowest BCUT2D eigenvalue weighted by Gasteiger charge is -2.05. The van der Waals surface area contributed by atoms with Gasteiger partial charge in [0.1, 0.15) is 11.6 Å². The Bertz CT molecular complexity index is 623. The van der Waals surface area contributed by atoms with E-state index in [-0.39, 0.29) is 0 Å². The van der Waals surface area contributed by atoms with E-state index in [0.29, 0.717) is 6.54 Å². The average molecular weight is 214 g/mol. The van der Waals surface area contributed by atoms with E-state index in [4.69, 9.17) is 5.73 Å². The summed E-state index contributed by atoms with van der Waals surface area (Å²) in [6.45, 7) is 0.388. The first-order valence-electron chi connectivity index (χ1n) is 4.91. The Balaban J connectivity index is 2.18. The summed E-state index contributed by atoms with van der Waals surface area (Å²) in [5.74, 6) is 1.59. The molecular formula is C10H10N6. The van der Waals surface area contributed by atoms with Gasteiger partial charge in [0, 0.05) is 24.7 Å². The van der Waals surface area contributed by atoms with Crippen LogP contribution in [0, 0.1) is 0 Å². The highest BCUT2D eigenvalue weighted by Gasteiger charge is 2.05. The molecule has 3 aromatic rings. The molecule has 0 amide bonds. The lowest BCUT2D eigenvalue weighted by molar-refractivity contribution is 0.838. The van der Waals surface area contributed by atoms with Crippen LogP contribution < -0.4 is 5.73 Å². The van der Waals surface area contributed by atoms with Crippen molar-refractivity contribution >= 4 is 5.65 Å². The Labute approximate surface area is 91.4 Å². The molecule has 16 heavy (non-hydrogen) atoms. The van der Waals surface area contributed by atoms with Gasteiger partial charge in [0.25, 0.3) is 0 Å². The van der Waals surface area contributed by atoms with Crippen molar-refractivity contribution in [3.63, 3.8) is 0 Å². The van der Waals surface area contributed by atoms with Gasteiger partial charge in [-0.25, -0.2) is 14.5 Å². The molecule has 0 saturated carbocycles. The number of nitrogens with zero attached hydrogens (tertiary/aromatic N) is 5. The molecule has 0 atom stereocenters. The SMILES string of the molecule is NCc1nccn1-c1ccn2nccc2n1. The van der Waals surface area contributed by atoms with Crippen molar-refractivity contribution in [2.24, 2.45) is 5.73 Å². The molecule has 6 heteroatoms. The van der Waals surface area contributed by atoms with E-state index in [1.54, 1.807) is 16.9 Å². The lowest BCUT2D eigenvalue weighted by atomic mass is 10.5. The van der Waals surface area contributed by atoms with Gasteiger partial charge in [-0.1, -0.05) is 0 Å². The molecule has 2 N–H and O–H groups in total. The Kier molecular flexibility index (Phi) is 1.94. The van der Waals surface area contributed by atoms with Crippen molar-refractivity contribution < 1.29 is 0 Å². The van der Waals surface area contributed by atoms with Crippen LogP contribution in [0.4, 0.5) is 0 Å². The first kappa shape index (κ1) is 9.05. The average Bonchev–Trinajstić information content (AvgIpc) is 2.96. The van der Waals surface area contributed by atoms with Crippen LogP contribution in [-0.4, -0.2) is 24.1 Å². The lowest BCUT2D eigenvalue weighted by Crippen LogP contribution is -2.08. The minimum Gasteiger partial charge on any atom is -0.324 e. The minimum absolute atomic E-state index is 0.388. The summed E-state index contributed by atoms with van der Waals surface area (Å²) in [5.41, 5.74) is 6.40. The van der Waals surface area contributed by atoms with Gasteiger partial charge in [0.2, 0.25) is 0 Å². The zero-order valence-corrected chi connectivity index (χ0v) is 8.48. The van der Waals surface area contributed by atoms with E-state index < -0.39 is 0 Å². The van der Waals surface area contributed by atoms with Crippen LogP contribution >= 0.6 is 0 Å². The highest BCUT2D eigenvalue weighted by atomic mass is 15.3. The van der Waals surface area contributed by atoms with E-state index in [1.165, 1.54) is 0 Å². The zero-order chi connectivity index (χ0) is 11.0. The van der Waals surface area contributed by atoms with E-state index in [2.05, 4.69) is 15.1 Å². The van der Waals surface area contributed by atoms with Crippen LogP contribution in [0.15, 0.2) is 36.9 Å². The minimum atomic E-state index is 0.388. The number of rotatable bonds is 2. The monoisotopic (exact) mass is 214 g/mol. The molecule has 0 fully saturated rings. The summed E-state index contributed by atoms with van der Waals surface area (Å²) in [7, 11) is 0. The van der Waals surface area contributed by atoms with Crippen molar-refractivity contribution in [3.05, 3.63) is 42.7 Å². The second kappa shape index (κ2) is 3.42. The number of hydrogen-bond acceptors (Lipinski definition) is 4. The molecule has 3 aromatic heterocycles. The zero-order valence-electron chi connectivity index (χ0n) is 8.48. The summed E-state index contributed by atoms with van der Waals surface area (Å²) in [4.78, 5) is 8.61. The Hall–Kier alpha value is -2.21. The van der Waals surface area contributed by atoms with Gasteiger partial charge < -0.3 is 5.73 Å². The molecule has 80 valence electrons. The van der Waals surface area contributed by atoms with Crippen LogP contribution in [0.1, 0.15) is 5.82 Å². The number of hydrogen-bond donors (Lipinski definition) is 1. The van der Waals surface area contributed by atoms with Gasteiger partial charge in [-0.15, -0.1) is 0 Å². The largest absolute Gasteiger partial charge is 0.324 e. The van der Waals surface area contributed by atoms with Gasteiger partial charge in [0.05, 0.1) is 12.7 Å². The van der Waals surface area contributed by atoms with Gasteiger partial charge in [0.15, 0.2) is 5.65 Å². The quantitative estimate of drug-likeness (QED) is 0.669. The van der Waals surface area contributed by atoms with E-state index in [9.17, 15) is 0 Å². The van der Waals surface area contributed by atoms with Crippen LogP contribution in [0.2, 0.25) is 0 Å². The molecule has 0 aliphatic rings. The van der Waals surface area contributed by atoms with E-state index in [1.807, 2.05) is 29.1 Å². The Morgan fingerprint density at radius 3 is 3.00 bits per heavy atom. The third kappa shape index (κ3) is 1.28. The van der Waals surface area contributed by atoms with Crippen molar-refractivity contribution in [1.82, 2.24) is 24.1 Å². The van der Waals surface area contributed by atoms with E-state index >= 15 is 0 Å². The van der Waals surface area contributed by atoms with Crippen molar-refractivity contribution in [2.45, 2.75) is 6.54 Å². The predicted octanol–water partition coefficient (Wildman–Crippen LogP) is 0.374. The maximum Gasteiger partial charge on any atom is 0.157 e. The Morgan fingerprint density at radius 1 is 1.19 bits per heavy atom. The summed E-state index contributed by atoms with van der Waals surface area (Å²) >= 11 is 0. The molecule has 0 radical (unpaired) electrons. The first-order valence-corrected chi connectivity index (χ1v) is 4.91. The molecular weight excluding hydrogens is 204 g/mol. The third-order valence-corrected chi connectivity index (χ3v) is 2.39. The second-order valence-corrected chi connectivity index (χ2v) is 3.34. The smallest absolute Gasteiger partial charge is 0.157 e. The Morgan fingerprint density at radius 2 is 2.12 bits per heavy atom. The van der Waals surface area contributed by atoms with Gasteiger partial charge in [-0.2, -0.15) is 5.10 Å². The number of fused-ring (bicyclic) bond motifs is 1. The third-order valence-electron chi connectivity index (χ3n) is 2.39. The number of aromatic nitrogens is 5. The molecule has 0 bridgehead atoms. The summed E-state index contributed by atoms with van der Waals surface area (Å²) < 4.78 is 3.58. The summed E-state index contributed by atoms with van der Waals surface area (Å²) in [5, 5.41) is 4.09. The molecule has 0 aromatic carbocycles. The second-order valence-electron chi connectivity index (χ2n) is 3.34. The molecule has 3 heterocycles. The molecule has 0 unspecified atom stereocenters. The van der Waals surface area contributed by atoms with Crippen molar-refractivity contribution in [2.75, 3.05) is 0 Å².